The van der Waals surface area contributed by atoms with E-state index in [4.69, 9.17) is 0 Å². The Balaban J connectivity index is 1.60. The summed E-state index contributed by atoms with van der Waals surface area (Å²) in [5.74, 6) is -1.91. The topological polar surface area (TPSA) is 41.1 Å². The highest BCUT2D eigenvalue weighted by Crippen LogP contribution is 2.33. The van der Waals surface area contributed by atoms with Gasteiger partial charge in [0.2, 0.25) is 5.91 Å². The van der Waals surface area contributed by atoms with Gasteiger partial charge in [-0.05, 0) is 43.4 Å². The molecule has 1 aromatic rings. The molecule has 0 spiro atoms. The molecule has 3 unspecified atom stereocenters. The number of carbonyl (C=O) groups is 1. The minimum Gasteiger partial charge on any atom is -0.325 e. The molecule has 1 aromatic carbocycles. The molecular formula is C16H20F2N2OS. The van der Waals surface area contributed by atoms with Crippen molar-refractivity contribution >= 4 is 23.4 Å². The summed E-state index contributed by atoms with van der Waals surface area (Å²) in [5.41, 5.74) is 0.576. The summed E-state index contributed by atoms with van der Waals surface area (Å²) in [6.07, 6.45) is 5.71. The number of rotatable bonds is 4. The molecule has 3 nitrogen and oxygen atoms in total. The molecule has 22 heavy (non-hydrogen) atoms. The number of thioether (sulfide) groups is 1. The Bertz CT molecular complexity index is 527. The number of hydrogen-bond acceptors (Lipinski definition) is 3. The van der Waals surface area contributed by atoms with Crippen LogP contribution in [-0.2, 0) is 4.79 Å². The van der Waals surface area contributed by atoms with Gasteiger partial charge in [0.15, 0.2) is 0 Å². The van der Waals surface area contributed by atoms with Gasteiger partial charge in [-0.2, -0.15) is 8.78 Å². The first-order chi connectivity index (χ1) is 10.6. The molecule has 3 atom stereocenters. The van der Waals surface area contributed by atoms with E-state index in [-0.39, 0.29) is 11.9 Å². The fraction of sp³-hybridized carbons (Fsp3) is 0.562. The third kappa shape index (κ3) is 3.79. The highest BCUT2D eigenvalue weighted by molar-refractivity contribution is 7.99. The lowest BCUT2D eigenvalue weighted by Crippen LogP contribution is -2.39. The van der Waals surface area contributed by atoms with Gasteiger partial charge < -0.3 is 10.6 Å². The van der Waals surface area contributed by atoms with Crippen LogP contribution in [0, 0.1) is 5.92 Å². The van der Waals surface area contributed by atoms with Crippen molar-refractivity contribution in [1.82, 2.24) is 5.32 Å². The maximum atomic E-state index is 12.4. The highest BCUT2D eigenvalue weighted by atomic mass is 32.2. The Labute approximate surface area is 133 Å². The Hall–Kier alpha value is -1.14. The number of fused-ring (bicyclic) bond motifs is 1. The lowest BCUT2D eigenvalue weighted by molar-refractivity contribution is -0.117. The standard InChI is InChI=1S/C16H20F2N2OS/c17-16(18)22-12-6-3-5-11(9-12)19-15(21)14-8-10-4-1-2-7-13(10)20-14/h3,5-6,9-10,13-14,16,20H,1-2,4,7-8H2,(H,19,21). The zero-order valence-electron chi connectivity index (χ0n) is 12.2. The van der Waals surface area contributed by atoms with E-state index in [0.717, 1.165) is 12.8 Å². The molecule has 0 aromatic heterocycles. The second-order valence-corrected chi connectivity index (χ2v) is 7.07. The fourth-order valence-electron chi connectivity index (χ4n) is 3.50. The maximum Gasteiger partial charge on any atom is 0.288 e. The number of carbonyl (C=O) groups excluding carboxylic acids is 1. The molecule has 3 rings (SSSR count). The molecule has 6 heteroatoms. The average molecular weight is 326 g/mol. The summed E-state index contributed by atoms with van der Waals surface area (Å²) in [5, 5.41) is 6.27. The molecule has 1 saturated heterocycles. The molecule has 2 aliphatic rings. The molecular weight excluding hydrogens is 306 g/mol. The van der Waals surface area contributed by atoms with E-state index in [0.29, 0.717) is 34.3 Å². The lowest BCUT2D eigenvalue weighted by atomic mass is 9.85. The number of amides is 1. The predicted octanol–water partition coefficient (Wildman–Crippen LogP) is 3.86. The van der Waals surface area contributed by atoms with Gasteiger partial charge in [0.25, 0.3) is 5.76 Å². The van der Waals surface area contributed by atoms with Crippen LogP contribution in [0.5, 0.6) is 0 Å². The fourth-order valence-corrected chi connectivity index (χ4v) is 4.06. The van der Waals surface area contributed by atoms with E-state index < -0.39 is 5.76 Å². The van der Waals surface area contributed by atoms with Crippen molar-refractivity contribution in [2.24, 2.45) is 5.92 Å². The summed E-state index contributed by atoms with van der Waals surface area (Å²) >= 11 is 0.488. The van der Waals surface area contributed by atoms with Crippen molar-refractivity contribution in [2.75, 3.05) is 5.32 Å². The summed E-state index contributed by atoms with van der Waals surface area (Å²) in [6, 6.07) is 6.92. The normalized spacial score (nSPS) is 27.7. The number of alkyl halides is 2. The molecule has 1 aliphatic carbocycles. The zero-order valence-corrected chi connectivity index (χ0v) is 13.0. The van der Waals surface area contributed by atoms with E-state index in [1.807, 2.05) is 0 Å². The lowest BCUT2D eigenvalue weighted by Gasteiger charge is -2.24. The Kier molecular flexibility index (Phi) is 4.98. The van der Waals surface area contributed by atoms with Crippen molar-refractivity contribution in [3.05, 3.63) is 24.3 Å². The van der Waals surface area contributed by atoms with E-state index in [9.17, 15) is 13.6 Å². The van der Waals surface area contributed by atoms with Gasteiger partial charge in [0.1, 0.15) is 0 Å². The third-order valence-electron chi connectivity index (χ3n) is 4.51. The number of hydrogen-bond donors (Lipinski definition) is 2. The van der Waals surface area contributed by atoms with Gasteiger partial charge in [0.05, 0.1) is 6.04 Å². The summed E-state index contributed by atoms with van der Waals surface area (Å²) < 4.78 is 24.8. The van der Waals surface area contributed by atoms with E-state index in [1.54, 1.807) is 24.3 Å². The molecule has 1 heterocycles. The van der Waals surface area contributed by atoms with Crippen LogP contribution in [0.15, 0.2) is 29.2 Å². The largest absolute Gasteiger partial charge is 0.325 e. The molecule has 1 amide bonds. The minimum atomic E-state index is -2.45. The van der Waals surface area contributed by atoms with Gasteiger partial charge in [-0.3, -0.25) is 4.79 Å². The second-order valence-electron chi connectivity index (χ2n) is 6.00. The number of nitrogens with one attached hydrogen (secondary N) is 2. The maximum absolute atomic E-state index is 12.4. The summed E-state index contributed by atoms with van der Waals surface area (Å²) in [7, 11) is 0. The monoisotopic (exact) mass is 326 g/mol. The minimum absolute atomic E-state index is 0.0615. The first-order valence-electron chi connectivity index (χ1n) is 7.73. The Morgan fingerprint density at radius 2 is 2.14 bits per heavy atom. The number of halogens is 2. The van der Waals surface area contributed by atoms with Crippen LogP contribution < -0.4 is 10.6 Å². The quantitative estimate of drug-likeness (QED) is 0.826. The van der Waals surface area contributed by atoms with Crippen molar-refractivity contribution in [3.63, 3.8) is 0 Å². The van der Waals surface area contributed by atoms with Gasteiger partial charge >= 0.3 is 0 Å². The Morgan fingerprint density at radius 3 is 2.91 bits per heavy atom. The van der Waals surface area contributed by atoms with E-state index >= 15 is 0 Å². The smallest absolute Gasteiger partial charge is 0.288 e. The predicted molar refractivity (Wildman–Crippen MR) is 84.2 cm³/mol. The molecule has 1 saturated carbocycles. The van der Waals surface area contributed by atoms with Crippen molar-refractivity contribution in [1.29, 1.82) is 0 Å². The zero-order chi connectivity index (χ0) is 15.5. The van der Waals surface area contributed by atoms with Crippen LogP contribution in [0.2, 0.25) is 0 Å². The van der Waals surface area contributed by atoms with Crippen molar-refractivity contribution in [3.8, 4) is 0 Å². The molecule has 0 radical (unpaired) electrons. The first-order valence-corrected chi connectivity index (χ1v) is 8.61. The van der Waals surface area contributed by atoms with Crippen LogP contribution >= 0.6 is 11.8 Å². The number of anilines is 1. The van der Waals surface area contributed by atoms with Gasteiger partial charge in [0, 0.05) is 16.6 Å². The summed E-state index contributed by atoms with van der Waals surface area (Å²) in [4.78, 5) is 12.8. The van der Waals surface area contributed by atoms with Crippen LogP contribution in [0.25, 0.3) is 0 Å². The second kappa shape index (κ2) is 6.96. The van der Waals surface area contributed by atoms with Gasteiger partial charge in [-0.15, -0.1) is 0 Å². The molecule has 0 bridgehead atoms. The van der Waals surface area contributed by atoms with Crippen LogP contribution in [0.1, 0.15) is 32.1 Å². The Morgan fingerprint density at radius 1 is 1.32 bits per heavy atom. The van der Waals surface area contributed by atoms with E-state index in [1.165, 1.54) is 19.3 Å². The SMILES string of the molecule is O=C(Nc1cccc(SC(F)F)c1)C1CC2CCCCC2N1. The van der Waals surface area contributed by atoms with Crippen molar-refractivity contribution < 1.29 is 13.6 Å². The average Bonchev–Trinajstić information content (AvgIpc) is 2.91. The van der Waals surface area contributed by atoms with E-state index in [2.05, 4.69) is 10.6 Å². The van der Waals surface area contributed by atoms with Gasteiger partial charge in [-0.1, -0.05) is 30.7 Å². The number of benzene rings is 1. The summed E-state index contributed by atoms with van der Waals surface area (Å²) in [6.45, 7) is 0. The highest BCUT2D eigenvalue weighted by Gasteiger charge is 2.38. The molecule has 1 aliphatic heterocycles. The molecule has 120 valence electrons. The van der Waals surface area contributed by atoms with Crippen molar-refractivity contribution in [2.45, 2.75) is 54.8 Å². The van der Waals surface area contributed by atoms with Gasteiger partial charge in [-0.25, -0.2) is 0 Å². The van der Waals surface area contributed by atoms with Crippen LogP contribution in [-0.4, -0.2) is 23.7 Å². The third-order valence-corrected chi connectivity index (χ3v) is 5.21. The molecule has 2 N–H and O–H groups in total. The van der Waals surface area contributed by atoms with Crippen LogP contribution in [0.3, 0.4) is 0 Å². The van der Waals surface area contributed by atoms with Crippen LogP contribution in [0.4, 0.5) is 14.5 Å². The molecule has 2 fully saturated rings. The first kappa shape index (κ1) is 15.7.